The SMILES string of the molecule is COc1ccc(NC(=O)OC2CCN(C)CC2)cc1Nc1ncc(C(F)(F)F)c(N[C@@H]2Cc3ccccc3[C@H]2NCS(C)(=O)=O)n1. The first-order valence-corrected chi connectivity index (χ1v) is 16.7. The molecule has 1 aromatic heterocycles. The maximum absolute atomic E-state index is 14.1. The highest BCUT2D eigenvalue weighted by atomic mass is 32.2. The summed E-state index contributed by atoms with van der Waals surface area (Å²) in [5.41, 5.74) is 1.21. The van der Waals surface area contributed by atoms with Crippen molar-refractivity contribution in [2.24, 2.45) is 0 Å². The molecule has 2 aromatic carbocycles. The second-order valence-corrected chi connectivity index (χ2v) is 13.6. The third-order valence-electron chi connectivity index (χ3n) is 7.85. The lowest BCUT2D eigenvalue weighted by atomic mass is 10.1. The summed E-state index contributed by atoms with van der Waals surface area (Å²) in [6.45, 7) is 1.65. The zero-order valence-corrected chi connectivity index (χ0v) is 26.3. The third-order valence-corrected chi connectivity index (χ3v) is 8.54. The van der Waals surface area contributed by atoms with Crippen LogP contribution in [0.15, 0.2) is 48.7 Å². The van der Waals surface area contributed by atoms with Crippen LogP contribution in [0.5, 0.6) is 5.75 Å². The number of alkyl halides is 3. The van der Waals surface area contributed by atoms with Crippen molar-refractivity contribution < 1.29 is 35.9 Å². The second-order valence-electron chi connectivity index (χ2n) is 11.4. The molecule has 0 spiro atoms. The first kappa shape index (κ1) is 33.2. The van der Waals surface area contributed by atoms with Crippen LogP contribution in [0.25, 0.3) is 0 Å². The predicted molar refractivity (Wildman–Crippen MR) is 167 cm³/mol. The molecule has 0 bridgehead atoms. The fraction of sp³-hybridized carbons (Fsp3) is 0.433. The van der Waals surface area contributed by atoms with Crippen molar-refractivity contribution in [1.29, 1.82) is 0 Å². The second kappa shape index (κ2) is 13.7. The minimum Gasteiger partial charge on any atom is -0.495 e. The third kappa shape index (κ3) is 8.35. The number of methoxy groups -OCH3 is 1. The van der Waals surface area contributed by atoms with Gasteiger partial charge in [0.05, 0.1) is 30.8 Å². The molecule has 2 atom stereocenters. The zero-order chi connectivity index (χ0) is 33.1. The van der Waals surface area contributed by atoms with Gasteiger partial charge in [-0.1, -0.05) is 24.3 Å². The average Bonchev–Trinajstić information content (AvgIpc) is 3.33. The Morgan fingerprint density at radius 1 is 1.13 bits per heavy atom. The summed E-state index contributed by atoms with van der Waals surface area (Å²) in [4.78, 5) is 22.8. The number of hydrogen-bond donors (Lipinski definition) is 4. The van der Waals surface area contributed by atoms with Gasteiger partial charge in [-0.25, -0.2) is 18.2 Å². The van der Waals surface area contributed by atoms with E-state index in [1.54, 1.807) is 18.2 Å². The minimum absolute atomic E-state index is 0.170. The van der Waals surface area contributed by atoms with Crippen molar-refractivity contribution >= 4 is 39.1 Å². The van der Waals surface area contributed by atoms with E-state index in [1.165, 1.54) is 13.2 Å². The normalized spacial score (nSPS) is 18.9. The highest BCUT2D eigenvalue weighted by molar-refractivity contribution is 7.90. The number of amides is 1. The number of anilines is 4. The molecule has 0 unspecified atom stereocenters. The Morgan fingerprint density at radius 2 is 1.87 bits per heavy atom. The predicted octanol–water partition coefficient (Wildman–Crippen LogP) is 4.56. The van der Waals surface area contributed by atoms with Crippen LogP contribution >= 0.6 is 0 Å². The number of carbonyl (C=O) groups excluding carboxylic acids is 1. The minimum atomic E-state index is -4.78. The number of carbonyl (C=O) groups is 1. The first-order valence-electron chi connectivity index (χ1n) is 14.6. The summed E-state index contributed by atoms with van der Waals surface area (Å²) >= 11 is 0. The van der Waals surface area contributed by atoms with E-state index in [4.69, 9.17) is 9.47 Å². The molecule has 1 aliphatic carbocycles. The van der Waals surface area contributed by atoms with Crippen LogP contribution in [-0.2, 0) is 27.2 Å². The van der Waals surface area contributed by atoms with E-state index < -0.39 is 45.6 Å². The van der Waals surface area contributed by atoms with Gasteiger partial charge < -0.3 is 25.0 Å². The van der Waals surface area contributed by atoms with Crippen LogP contribution < -0.4 is 26.0 Å². The molecule has 3 aromatic rings. The van der Waals surface area contributed by atoms with Gasteiger partial charge in [-0.2, -0.15) is 18.2 Å². The van der Waals surface area contributed by atoms with Crippen molar-refractivity contribution in [2.45, 2.75) is 43.6 Å². The van der Waals surface area contributed by atoms with Crippen LogP contribution in [0, 0.1) is 0 Å². The van der Waals surface area contributed by atoms with Crippen molar-refractivity contribution in [3.8, 4) is 5.75 Å². The Balaban J connectivity index is 1.37. The van der Waals surface area contributed by atoms with Crippen LogP contribution in [0.4, 0.5) is 41.1 Å². The van der Waals surface area contributed by atoms with Crippen LogP contribution in [0.1, 0.15) is 35.6 Å². The molecule has 46 heavy (non-hydrogen) atoms. The summed E-state index contributed by atoms with van der Waals surface area (Å²) in [6.07, 6.45) is -2.08. The molecule has 0 saturated carbocycles. The number of fused-ring (bicyclic) bond motifs is 1. The first-order chi connectivity index (χ1) is 21.8. The molecule has 2 aliphatic rings. The highest BCUT2D eigenvalue weighted by Gasteiger charge is 2.39. The van der Waals surface area contributed by atoms with E-state index in [1.807, 2.05) is 25.2 Å². The van der Waals surface area contributed by atoms with Crippen molar-refractivity contribution in [3.63, 3.8) is 0 Å². The molecule has 16 heteroatoms. The zero-order valence-electron chi connectivity index (χ0n) is 25.5. The van der Waals surface area contributed by atoms with E-state index in [0.29, 0.717) is 24.1 Å². The smallest absolute Gasteiger partial charge is 0.421 e. The fourth-order valence-electron chi connectivity index (χ4n) is 5.56. The van der Waals surface area contributed by atoms with Gasteiger partial charge in [-0.3, -0.25) is 10.6 Å². The number of nitrogens with zero attached hydrogens (tertiary/aromatic N) is 3. The monoisotopic (exact) mass is 663 g/mol. The Hall–Kier alpha value is -4.15. The van der Waals surface area contributed by atoms with Crippen LogP contribution in [0.3, 0.4) is 0 Å². The molecule has 12 nitrogen and oxygen atoms in total. The van der Waals surface area contributed by atoms with Crippen molar-refractivity contribution in [3.05, 3.63) is 65.4 Å². The highest BCUT2D eigenvalue weighted by Crippen LogP contribution is 2.38. The molecular formula is C30H36F3N7O5S. The number of rotatable bonds is 10. The number of benzene rings is 2. The molecule has 1 saturated heterocycles. The topological polar surface area (TPSA) is 147 Å². The van der Waals surface area contributed by atoms with Gasteiger partial charge in [-0.15, -0.1) is 0 Å². The molecular weight excluding hydrogens is 627 g/mol. The van der Waals surface area contributed by atoms with Gasteiger partial charge >= 0.3 is 12.3 Å². The molecule has 1 fully saturated rings. The van der Waals surface area contributed by atoms with Crippen molar-refractivity contribution in [2.75, 3.05) is 55.3 Å². The maximum Gasteiger partial charge on any atom is 0.421 e. The van der Waals surface area contributed by atoms with Gasteiger partial charge in [0.25, 0.3) is 0 Å². The van der Waals surface area contributed by atoms with E-state index in [2.05, 4.69) is 36.1 Å². The van der Waals surface area contributed by atoms with Gasteiger partial charge in [0.1, 0.15) is 23.2 Å². The Kier molecular flexibility index (Phi) is 9.88. The van der Waals surface area contributed by atoms with E-state index in [0.717, 1.165) is 43.3 Å². The summed E-state index contributed by atoms with van der Waals surface area (Å²) in [7, 11) is 0.0131. The van der Waals surface area contributed by atoms with Gasteiger partial charge in [-0.05, 0) is 55.6 Å². The Morgan fingerprint density at radius 3 is 2.57 bits per heavy atom. The molecule has 1 amide bonds. The number of halogens is 3. The number of piperidine rings is 1. The number of ether oxygens (including phenoxy) is 2. The van der Waals surface area contributed by atoms with Crippen molar-refractivity contribution in [1.82, 2.24) is 20.2 Å². The standard InChI is InChI=1S/C30H36F3N7O5S/c1-40-12-10-20(11-13-40)45-29(41)36-19-8-9-25(44-2)23(15-19)38-28-34-16-22(30(31,32)33)27(39-28)37-24-14-18-6-4-5-7-21(18)26(24)35-17-46(3,42)43/h4-9,15-16,20,24,26,35H,10-14,17H2,1-3H3,(H,36,41)(H2,34,37,38,39)/t24-,26-/m1/s1. The number of nitrogens with one attached hydrogen (secondary N) is 4. The largest absolute Gasteiger partial charge is 0.495 e. The lowest BCUT2D eigenvalue weighted by Gasteiger charge is -2.28. The lowest BCUT2D eigenvalue weighted by Crippen LogP contribution is -2.37. The average molecular weight is 664 g/mol. The number of hydrogen-bond acceptors (Lipinski definition) is 11. The molecule has 1 aliphatic heterocycles. The van der Waals surface area contributed by atoms with Crippen LogP contribution in [-0.4, -0.2) is 80.9 Å². The van der Waals surface area contributed by atoms with E-state index >= 15 is 0 Å². The summed E-state index contributed by atoms with van der Waals surface area (Å²) in [6, 6.07) is 10.7. The van der Waals surface area contributed by atoms with E-state index in [-0.39, 0.29) is 23.6 Å². The summed E-state index contributed by atoms with van der Waals surface area (Å²) in [5.74, 6) is -0.689. The van der Waals surface area contributed by atoms with Gasteiger partial charge in [0.2, 0.25) is 5.95 Å². The maximum atomic E-state index is 14.1. The fourth-order valence-corrected chi connectivity index (χ4v) is 6.05. The van der Waals surface area contributed by atoms with E-state index in [9.17, 15) is 26.4 Å². The lowest BCUT2D eigenvalue weighted by molar-refractivity contribution is -0.137. The molecule has 4 N–H and O–H groups in total. The summed E-state index contributed by atoms with van der Waals surface area (Å²) < 4.78 is 77.1. The summed E-state index contributed by atoms with van der Waals surface area (Å²) in [5, 5.41) is 11.5. The molecule has 5 rings (SSSR count). The number of sulfone groups is 1. The molecule has 248 valence electrons. The van der Waals surface area contributed by atoms with Crippen LogP contribution in [0.2, 0.25) is 0 Å². The van der Waals surface area contributed by atoms with Gasteiger partial charge in [0.15, 0.2) is 9.84 Å². The number of likely N-dealkylation sites (tertiary alicyclic amines) is 1. The Labute approximate surface area is 265 Å². The number of aromatic nitrogens is 2. The molecule has 2 heterocycles. The molecule has 0 radical (unpaired) electrons. The quantitative estimate of drug-likeness (QED) is 0.242. The Bertz CT molecular complexity index is 1670. The van der Waals surface area contributed by atoms with Gasteiger partial charge in [0, 0.05) is 31.2 Å².